The van der Waals surface area contributed by atoms with Gasteiger partial charge < -0.3 is 5.32 Å². The van der Waals surface area contributed by atoms with Crippen LogP contribution in [-0.4, -0.2) is 13.6 Å². The number of hydrogen-bond donors (Lipinski definition) is 1. The molecule has 1 N–H and O–H groups in total. The molecule has 28 heavy (non-hydrogen) atoms. The fraction of sp³-hybridized carbons (Fsp3) is 0.481. The summed E-state index contributed by atoms with van der Waals surface area (Å²) in [5.74, 6) is 5.96. The SMILES string of the molecule is C#Cc1ccc(C2CC(C)CC(CNC)C2)cc1Cc1ccc(C2CC2)cc1. The second-order valence-corrected chi connectivity index (χ2v) is 9.19. The summed E-state index contributed by atoms with van der Waals surface area (Å²) in [6.07, 6.45) is 13.4. The van der Waals surface area contributed by atoms with Crippen molar-refractivity contribution in [2.24, 2.45) is 11.8 Å². The van der Waals surface area contributed by atoms with Crippen molar-refractivity contribution in [1.82, 2.24) is 5.32 Å². The molecule has 4 rings (SSSR count). The molecule has 146 valence electrons. The van der Waals surface area contributed by atoms with Gasteiger partial charge in [-0.2, -0.15) is 0 Å². The van der Waals surface area contributed by atoms with E-state index >= 15 is 0 Å². The van der Waals surface area contributed by atoms with Crippen molar-refractivity contribution in [1.29, 1.82) is 0 Å². The lowest BCUT2D eigenvalue weighted by molar-refractivity contribution is 0.249. The van der Waals surface area contributed by atoms with Gasteiger partial charge in [0.25, 0.3) is 0 Å². The number of nitrogens with one attached hydrogen (secondary N) is 1. The maximum Gasteiger partial charge on any atom is 0.0278 e. The Bertz CT molecular complexity index is 838. The Morgan fingerprint density at radius 1 is 0.964 bits per heavy atom. The Morgan fingerprint density at radius 2 is 1.71 bits per heavy atom. The lowest BCUT2D eigenvalue weighted by atomic mass is 9.73. The molecule has 0 amide bonds. The van der Waals surface area contributed by atoms with Crippen LogP contribution in [0.3, 0.4) is 0 Å². The van der Waals surface area contributed by atoms with E-state index in [0.717, 1.165) is 36.3 Å². The van der Waals surface area contributed by atoms with Crippen LogP contribution < -0.4 is 5.32 Å². The summed E-state index contributed by atoms with van der Waals surface area (Å²) in [4.78, 5) is 0. The van der Waals surface area contributed by atoms with Crippen LogP contribution in [0.5, 0.6) is 0 Å². The van der Waals surface area contributed by atoms with Crippen molar-refractivity contribution >= 4 is 0 Å². The van der Waals surface area contributed by atoms with Crippen LogP contribution >= 0.6 is 0 Å². The van der Waals surface area contributed by atoms with Crippen LogP contribution in [0.2, 0.25) is 0 Å². The van der Waals surface area contributed by atoms with E-state index in [1.807, 2.05) is 0 Å². The van der Waals surface area contributed by atoms with Crippen LogP contribution in [0.25, 0.3) is 0 Å². The summed E-state index contributed by atoms with van der Waals surface area (Å²) in [6, 6.07) is 16.1. The number of rotatable bonds is 6. The Morgan fingerprint density at radius 3 is 2.39 bits per heavy atom. The zero-order valence-electron chi connectivity index (χ0n) is 17.4. The van der Waals surface area contributed by atoms with E-state index in [0.29, 0.717) is 5.92 Å². The zero-order chi connectivity index (χ0) is 19.5. The summed E-state index contributed by atoms with van der Waals surface area (Å²) in [6.45, 7) is 3.54. The molecule has 2 aliphatic rings. The highest BCUT2D eigenvalue weighted by Gasteiger charge is 2.27. The average Bonchev–Trinajstić information content (AvgIpc) is 3.54. The molecule has 2 saturated carbocycles. The monoisotopic (exact) mass is 371 g/mol. The minimum atomic E-state index is 0.657. The number of hydrogen-bond acceptors (Lipinski definition) is 1. The fourth-order valence-electron chi connectivity index (χ4n) is 5.17. The van der Waals surface area contributed by atoms with Crippen molar-refractivity contribution in [3.63, 3.8) is 0 Å². The van der Waals surface area contributed by atoms with Crippen molar-refractivity contribution in [2.75, 3.05) is 13.6 Å². The van der Waals surface area contributed by atoms with Gasteiger partial charge in [-0.1, -0.05) is 49.2 Å². The largest absolute Gasteiger partial charge is 0.319 e. The lowest BCUT2D eigenvalue weighted by Gasteiger charge is -2.34. The summed E-state index contributed by atoms with van der Waals surface area (Å²) < 4.78 is 0. The van der Waals surface area contributed by atoms with Gasteiger partial charge >= 0.3 is 0 Å². The Labute approximate surface area is 171 Å². The topological polar surface area (TPSA) is 12.0 Å². The Hall–Kier alpha value is -2.04. The quantitative estimate of drug-likeness (QED) is 0.626. The van der Waals surface area contributed by atoms with Gasteiger partial charge in [-0.25, -0.2) is 0 Å². The molecule has 2 aliphatic carbocycles. The Balaban J connectivity index is 1.54. The van der Waals surface area contributed by atoms with Crippen LogP contribution in [0.4, 0.5) is 0 Å². The van der Waals surface area contributed by atoms with Gasteiger partial charge in [0.2, 0.25) is 0 Å². The van der Waals surface area contributed by atoms with Gasteiger partial charge in [0.1, 0.15) is 0 Å². The maximum atomic E-state index is 5.83. The second-order valence-electron chi connectivity index (χ2n) is 9.19. The molecule has 1 heteroatoms. The van der Waals surface area contributed by atoms with Crippen molar-refractivity contribution in [3.8, 4) is 12.3 Å². The number of terminal acetylenes is 1. The Kier molecular flexibility index (Phi) is 5.88. The first-order valence-corrected chi connectivity index (χ1v) is 11.0. The van der Waals surface area contributed by atoms with Crippen LogP contribution in [0, 0.1) is 24.2 Å². The van der Waals surface area contributed by atoms with Crippen molar-refractivity contribution in [3.05, 3.63) is 70.3 Å². The molecule has 2 aromatic rings. The standard InChI is InChI=1S/C27H33N/c1-4-22-9-12-25(26-14-19(2)13-21(16-26)18-28-3)17-27(22)15-20-5-7-23(8-6-20)24-10-11-24/h1,5-9,12,17,19,21,24,26,28H,10-11,13-16,18H2,2-3H3. The highest BCUT2D eigenvalue weighted by molar-refractivity contribution is 5.46. The smallest absolute Gasteiger partial charge is 0.0278 e. The van der Waals surface area contributed by atoms with E-state index in [2.05, 4.69) is 67.7 Å². The van der Waals surface area contributed by atoms with Gasteiger partial charge in [0.05, 0.1) is 0 Å². The van der Waals surface area contributed by atoms with E-state index in [9.17, 15) is 0 Å². The normalized spacial score (nSPS) is 24.7. The summed E-state index contributed by atoms with van der Waals surface area (Å²) in [7, 11) is 2.07. The van der Waals surface area contributed by atoms with E-state index in [-0.39, 0.29) is 0 Å². The fourth-order valence-corrected chi connectivity index (χ4v) is 5.17. The minimum Gasteiger partial charge on any atom is -0.319 e. The second kappa shape index (κ2) is 8.54. The zero-order valence-corrected chi connectivity index (χ0v) is 17.4. The molecule has 2 aromatic carbocycles. The molecular formula is C27H33N. The molecule has 1 nitrogen and oxygen atoms in total. The van der Waals surface area contributed by atoms with E-state index < -0.39 is 0 Å². The van der Waals surface area contributed by atoms with Crippen LogP contribution in [0.1, 0.15) is 78.7 Å². The van der Waals surface area contributed by atoms with Gasteiger partial charge in [-0.3, -0.25) is 0 Å². The predicted molar refractivity (Wildman–Crippen MR) is 119 cm³/mol. The predicted octanol–water partition coefficient (Wildman–Crippen LogP) is 5.88. The van der Waals surface area contributed by atoms with Gasteiger partial charge in [-0.05, 0) is 104 Å². The first-order chi connectivity index (χ1) is 13.7. The van der Waals surface area contributed by atoms with E-state index in [1.165, 1.54) is 54.4 Å². The third-order valence-electron chi connectivity index (χ3n) is 6.71. The summed E-state index contributed by atoms with van der Waals surface area (Å²) >= 11 is 0. The van der Waals surface area contributed by atoms with Gasteiger partial charge in [-0.15, -0.1) is 6.42 Å². The number of benzene rings is 2. The third-order valence-corrected chi connectivity index (χ3v) is 6.71. The lowest BCUT2D eigenvalue weighted by Crippen LogP contribution is -2.27. The van der Waals surface area contributed by atoms with Crippen molar-refractivity contribution < 1.29 is 0 Å². The van der Waals surface area contributed by atoms with E-state index in [4.69, 9.17) is 6.42 Å². The van der Waals surface area contributed by atoms with E-state index in [1.54, 1.807) is 0 Å². The maximum absolute atomic E-state index is 5.83. The highest BCUT2D eigenvalue weighted by atomic mass is 14.8. The van der Waals surface area contributed by atoms with Crippen LogP contribution in [-0.2, 0) is 6.42 Å². The minimum absolute atomic E-state index is 0.657. The van der Waals surface area contributed by atoms with Gasteiger partial charge in [0.15, 0.2) is 0 Å². The summed E-state index contributed by atoms with van der Waals surface area (Å²) in [5.41, 5.74) is 6.70. The van der Waals surface area contributed by atoms with Gasteiger partial charge in [0, 0.05) is 5.56 Å². The highest BCUT2D eigenvalue weighted by Crippen LogP contribution is 2.41. The first kappa shape index (κ1) is 19.3. The average molecular weight is 372 g/mol. The molecule has 3 unspecified atom stereocenters. The molecule has 0 aliphatic heterocycles. The molecule has 0 heterocycles. The molecule has 0 radical (unpaired) electrons. The molecule has 2 fully saturated rings. The third kappa shape index (κ3) is 4.50. The molecule has 0 aromatic heterocycles. The first-order valence-electron chi connectivity index (χ1n) is 11.0. The molecule has 3 atom stereocenters. The molecule has 0 saturated heterocycles. The van der Waals surface area contributed by atoms with Crippen LogP contribution in [0.15, 0.2) is 42.5 Å². The van der Waals surface area contributed by atoms with Crippen molar-refractivity contribution in [2.45, 2.75) is 57.3 Å². The molecule has 0 spiro atoms. The molecular weight excluding hydrogens is 338 g/mol. The molecule has 0 bridgehead atoms. The summed E-state index contributed by atoms with van der Waals surface area (Å²) in [5, 5.41) is 3.38.